The standard InChI is InChI=1S/C18H20N8O3/c1-11-10-26(18(28)24-21-11)25-17(27)23-22-12(2)13-6-7-16(20-9-13)29-15-5-3-4-14(19)8-15/h3-9H,10,19H2,1-2H3,(H,24,28)(H2,23,25,27)/b22-12+. The van der Waals surface area contributed by atoms with E-state index in [1.807, 2.05) is 0 Å². The molecule has 5 N–H and O–H groups in total. The molecule has 29 heavy (non-hydrogen) atoms. The smallest absolute Gasteiger partial charge is 0.356 e. The van der Waals surface area contributed by atoms with E-state index in [4.69, 9.17) is 10.5 Å². The third-order valence-electron chi connectivity index (χ3n) is 3.77. The molecule has 0 atom stereocenters. The molecule has 2 heterocycles. The maximum atomic E-state index is 11.9. The average Bonchev–Trinajstić information content (AvgIpc) is 2.69. The molecule has 0 saturated heterocycles. The predicted molar refractivity (Wildman–Crippen MR) is 107 cm³/mol. The number of carbonyl (C=O) groups is 2. The fourth-order valence-corrected chi connectivity index (χ4v) is 2.33. The molecule has 0 radical (unpaired) electrons. The van der Waals surface area contributed by atoms with Crippen LogP contribution in [-0.2, 0) is 0 Å². The van der Waals surface area contributed by atoms with Gasteiger partial charge in [-0.05, 0) is 32.0 Å². The van der Waals surface area contributed by atoms with Crippen molar-refractivity contribution in [2.45, 2.75) is 13.8 Å². The van der Waals surface area contributed by atoms with E-state index in [2.05, 4.69) is 31.5 Å². The molecule has 1 aromatic heterocycles. The van der Waals surface area contributed by atoms with Crippen molar-refractivity contribution in [3.05, 3.63) is 48.2 Å². The average molecular weight is 396 g/mol. The maximum Gasteiger partial charge on any atom is 0.356 e. The Morgan fingerprint density at radius 3 is 2.90 bits per heavy atom. The largest absolute Gasteiger partial charge is 0.439 e. The number of carbonyl (C=O) groups excluding carboxylic acids is 2. The van der Waals surface area contributed by atoms with Gasteiger partial charge in [-0.3, -0.25) is 0 Å². The van der Waals surface area contributed by atoms with Crippen LogP contribution < -0.4 is 26.7 Å². The van der Waals surface area contributed by atoms with E-state index in [0.29, 0.717) is 34.3 Å². The SMILES string of the molecule is CC1=NNC(=O)N(NC(=O)N/N=C(\C)c2ccc(Oc3cccc(N)c3)nc2)C1. The van der Waals surface area contributed by atoms with Crippen molar-refractivity contribution in [1.82, 2.24) is 26.3 Å². The number of hydrogen-bond acceptors (Lipinski definition) is 7. The first-order chi connectivity index (χ1) is 13.9. The van der Waals surface area contributed by atoms with Crippen molar-refractivity contribution >= 4 is 29.2 Å². The van der Waals surface area contributed by atoms with Gasteiger partial charge in [-0.25, -0.2) is 35.9 Å². The van der Waals surface area contributed by atoms with Crippen LogP contribution in [0.4, 0.5) is 15.3 Å². The van der Waals surface area contributed by atoms with Crippen LogP contribution in [0.3, 0.4) is 0 Å². The summed E-state index contributed by atoms with van der Waals surface area (Å²) in [6.07, 6.45) is 1.57. The van der Waals surface area contributed by atoms with Crippen molar-refractivity contribution in [2.24, 2.45) is 10.2 Å². The number of nitrogens with zero attached hydrogens (tertiary/aromatic N) is 4. The fraction of sp³-hybridized carbons (Fsp3) is 0.167. The number of hydrazine groups is 1. The van der Waals surface area contributed by atoms with Crippen LogP contribution in [0.1, 0.15) is 19.4 Å². The van der Waals surface area contributed by atoms with E-state index in [1.54, 1.807) is 56.4 Å². The number of urea groups is 2. The van der Waals surface area contributed by atoms with Crippen LogP contribution >= 0.6 is 0 Å². The van der Waals surface area contributed by atoms with Gasteiger partial charge in [-0.1, -0.05) is 6.07 Å². The third kappa shape index (κ3) is 5.42. The number of anilines is 1. The number of nitrogens with one attached hydrogen (secondary N) is 3. The van der Waals surface area contributed by atoms with Crippen molar-refractivity contribution in [2.75, 3.05) is 12.3 Å². The topological polar surface area (TPSA) is 146 Å². The molecular weight excluding hydrogens is 376 g/mol. The van der Waals surface area contributed by atoms with Gasteiger partial charge < -0.3 is 10.5 Å². The Balaban J connectivity index is 1.56. The Labute approximate surface area is 166 Å². The highest BCUT2D eigenvalue weighted by Crippen LogP contribution is 2.21. The van der Waals surface area contributed by atoms with Gasteiger partial charge >= 0.3 is 12.1 Å². The van der Waals surface area contributed by atoms with Crippen LogP contribution in [-0.4, -0.2) is 40.0 Å². The first kappa shape index (κ1) is 19.6. The van der Waals surface area contributed by atoms with Gasteiger partial charge in [-0.15, -0.1) is 0 Å². The summed E-state index contributed by atoms with van der Waals surface area (Å²) in [5.41, 5.74) is 15.2. The molecule has 0 aliphatic carbocycles. The lowest BCUT2D eigenvalue weighted by molar-refractivity contribution is 0.173. The van der Waals surface area contributed by atoms with E-state index in [-0.39, 0.29) is 6.54 Å². The lowest BCUT2D eigenvalue weighted by Crippen LogP contribution is -2.56. The highest BCUT2D eigenvalue weighted by molar-refractivity contribution is 5.99. The van der Waals surface area contributed by atoms with Crippen molar-refractivity contribution in [3.8, 4) is 11.6 Å². The summed E-state index contributed by atoms with van der Waals surface area (Å²) in [4.78, 5) is 27.8. The van der Waals surface area contributed by atoms with Gasteiger partial charge in [0.25, 0.3) is 0 Å². The molecule has 0 saturated carbocycles. The van der Waals surface area contributed by atoms with E-state index >= 15 is 0 Å². The van der Waals surface area contributed by atoms with Crippen molar-refractivity contribution < 1.29 is 14.3 Å². The predicted octanol–water partition coefficient (Wildman–Crippen LogP) is 1.80. The van der Waals surface area contributed by atoms with Crippen LogP contribution in [0.5, 0.6) is 11.6 Å². The van der Waals surface area contributed by atoms with Gasteiger partial charge in [-0.2, -0.15) is 10.2 Å². The summed E-state index contributed by atoms with van der Waals surface area (Å²) in [6, 6.07) is 9.25. The summed E-state index contributed by atoms with van der Waals surface area (Å²) >= 11 is 0. The second-order valence-corrected chi connectivity index (χ2v) is 6.16. The van der Waals surface area contributed by atoms with Crippen molar-refractivity contribution in [3.63, 3.8) is 0 Å². The first-order valence-corrected chi connectivity index (χ1v) is 8.62. The molecule has 0 fully saturated rings. The highest BCUT2D eigenvalue weighted by Gasteiger charge is 2.20. The summed E-state index contributed by atoms with van der Waals surface area (Å²) in [6.45, 7) is 3.61. The summed E-state index contributed by atoms with van der Waals surface area (Å²) < 4.78 is 5.63. The number of pyridine rings is 1. The lowest BCUT2D eigenvalue weighted by Gasteiger charge is -2.25. The summed E-state index contributed by atoms with van der Waals surface area (Å²) in [7, 11) is 0. The minimum Gasteiger partial charge on any atom is -0.439 e. The molecule has 1 aliphatic rings. The second-order valence-electron chi connectivity index (χ2n) is 6.16. The Kier molecular flexibility index (Phi) is 5.88. The van der Waals surface area contributed by atoms with Crippen molar-refractivity contribution in [1.29, 1.82) is 0 Å². The minimum absolute atomic E-state index is 0.181. The van der Waals surface area contributed by atoms with Crippen LogP contribution in [0.15, 0.2) is 52.8 Å². The zero-order chi connectivity index (χ0) is 20.8. The number of ether oxygens (including phenoxy) is 1. The summed E-state index contributed by atoms with van der Waals surface area (Å²) in [5, 5.41) is 8.86. The zero-order valence-corrected chi connectivity index (χ0v) is 15.8. The minimum atomic E-state index is -0.663. The Bertz CT molecular complexity index is 971. The fourth-order valence-electron chi connectivity index (χ4n) is 2.33. The Hall–Kier alpha value is -4.15. The summed E-state index contributed by atoms with van der Waals surface area (Å²) in [5.74, 6) is 0.974. The molecular formula is C18H20N8O3. The van der Waals surface area contributed by atoms with E-state index in [0.717, 1.165) is 5.01 Å². The normalized spacial score (nSPS) is 14.0. The van der Waals surface area contributed by atoms with Gasteiger partial charge in [0.05, 0.1) is 18.0 Å². The number of hydrazone groups is 2. The molecule has 0 spiro atoms. The molecule has 2 aromatic rings. The number of aromatic nitrogens is 1. The van der Waals surface area contributed by atoms with Gasteiger partial charge in [0, 0.05) is 29.6 Å². The van der Waals surface area contributed by atoms with Gasteiger partial charge in [0.2, 0.25) is 5.88 Å². The van der Waals surface area contributed by atoms with E-state index < -0.39 is 12.1 Å². The molecule has 3 rings (SSSR count). The molecule has 1 aliphatic heterocycles. The second kappa shape index (κ2) is 8.69. The number of amides is 4. The monoisotopic (exact) mass is 396 g/mol. The molecule has 150 valence electrons. The first-order valence-electron chi connectivity index (χ1n) is 8.62. The number of nitrogen functional groups attached to an aromatic ring is 1. The number of nitrogens with two attached hydrogens (primary N) is 1. The maximum absolute atomic E-state index is 11.9. The Morgan fingerprint density at radius 2 is 2.17 bits per heavy atom. The van der Waals surface area contributed by atoms with Crippen LogP contribution in [0.25, 0.3) is 0 Å². The molecule has 1 aromatic carbocycles. The van der Waals surface area contributed by atoms with Crippen LogP contribution in [0.2, 0.25) is 0 Å². The molecule has 11 heteroatoms. The van der Waals surface area contributed by atoms with E-state index in [9.17, 15) is 9.59 Å². The highest BCUT2D eigenvalue weighted by atomic mass is 16.5. The molecule has 11 nitrogen and oxygen atoms in total. The number of hydrogen-bond donors (Lipinski definition) is 4. The molecule has 0 unspecified atom stereocenters. The lowest BCUT2D eigenvalue weighted by atomic mass is 10.2. The van der Waals surface area contributed by atoms with Gasteiger partial charge in [0.1, 0.15) is 5.75 Å². The van der Waals surface area contributed by atoms with Crippen LogP contribution in [0, 0.1) is 0 Å². The third-order valence-corrected chi connectivity index (χ3v) is 3.77. The quantitative estimate of drug-likeness (QED) is 0.346. The number of rotatable bonds is 5. The number of benzene rings is 1. The Morgan fingerprint density at radius 1 is 1.34 bits per heavy atom. The molecule has 4 amide bonds. The van der Waals surface area contributed by atoms with Gasteiger partial charge in [0.15, 0.2) is 0 Å². The zero-order valence-electron chi connectivity index (χ0n) is 15.8. The molecule has 0 bridgehead atoms. The van der Waals surface area contributed by atoms with E-state index in [1.165, 1.54) is 0 Å².